The molecule has 0 spiro atoms. The number of nitrogens with zero attached hydrogens (tertiary/aromatic N) is 5. The highest BCUT2D eigenvalue weighted by Crippen LogP contribution is 2.27. The normalized spacial score (nSPS) is 13.1. The van der Waals surface area contributed by atoms with E-state index in [1.165, 1.54) is 11.3 Å². The van der Waals surface area contributed by atoms with E-state index in [4.69, 9.17) is 0 Å². The van der Waals surface area contributed by atoms with Gasteiger partial charge in [-0.15, -0.1) is 0 Å². The second-order valence-corrected chi connectivity index (χ2v) is 6.36. The van der Waals surface area contributed by atoms with Crippen molar-refractivity contribution in [1.82, 2.24) is 19.7 Å². The van der Waals surface area contributed by atoms with Crippen LogP contribution in [0, 0.1) is 6.92 Å². The van der Waals surface area contributed by atoms with Crippen LogP contribution in [0.4, 0.5) is 11.6 Å². The van der Waals surface area contributed by atoms with Crippen molar-refractivity contribution in [2.45, 2.75) is 13.3 Å². The van der Waals surface area contributed by atoms with E-state index in [1.54, 1.807) is 6.20 Å². The zero-order chi connectivity index (χ0) is 17.2. The Kier molecular flexibility index (Phi) is 4.09. The lowest BCUT2D eigenvalue weighted by atomic mass is 10.2. The number of hydrogen-bond donors (Lipinski definition) is 1. The molecular weight excluding hydrogens is 312 g/mol. The molecule has 25 heavy (non-hydrogen) atoms. The summed E-state index contributed by atoms with van der Waals surface area (Å²) in [5.41, 5.74) is 5.75. The van der Waals surface area contributed by atoms with Crippen molar-refractivity contribution in [3.8, 4) is 11.4 Å². The minimum atomic E-state index is 0.661. The van der Waals surface area contributed by atoms with Gasteiger partial charge in [0.2, 0.25) is 5.95 Å². The van der Waals surface area contributed by atoms with Crippen LogP contribution in [0.15, 0.2) is 42.7 Å². The summed E-state index contributed by atoms with van der Waals surface area (Å²) in [6, 6.07) is 10.6. The first kappa shape index (κ1) is 15.6. The van der Waals surface area contributed by atoms with Crippen molar-refractivity contribution < 1.29 is 0 Å². The van der Waals surface area contributed by atoms with Crippen LogP contribution < -0.4 is 10.2 Å². The summed E-state index contributed by atoms with van der Waals surface area (Å²) >= 11 is 0. The fraction of sp³-hybridized carbons (Fsp3) is 0.316. The third-order valence-electron chi connectivity index (χ3n) is 4.68. The molecule has 3 heterocycles. The minimum Gasteiger partial charge on any atom is -0.369 e. The molecule has 1 aliphatic rings. The van der Waals surface area contributed by atoms with Gasteiger partial charge in [0.1, 0.15) is 0 Å². The van der Waals surface area contributed by atoms with Crippen molar-refractivity contribution >= 4 is 11.6 Å². The molecule has 128 valence electrons. The van der Waals surface area contributed by atoms with Crippen molar-refractivity contribution in [2.75, 3.05) is 29.9 Å². The van der Waals surface area contributed by atoms with Gasteiger partial charge in [0.25, 0.3) is 0 Å². The van der Waals surface area contributed by atoms with Crippen molar-refractivity contribution in [1.29, 1.82) is 0 Å². The molecule has 0 aliphatic carbocycles. The van der Waals surface area contributed by atoms with Crippen molar-refractivity contribution in [2.24, 2.45) is 7.05 Å². The molecule has 2 aromatic heterocycles. The lowest BCUT2D eigenvalue weighted by molar-refractivity contribution is 0.772. The Balaban J connectivity index is 1.43. The number of benzene rings is 1. The number of hydrogen-bond acceptors (Lipinski definition) is 5. The number of nitrogens with one attached hydrogen (secondary N) is 1. The Morgan fingerprint density at radius 2 is 2.08 bits per heavy atom. The van der Waals surface area contributed by atoms with Crippen LogP contribution in [-0.2, 0) is 13.5 Å². The highest BCUT2D eigenvalue weighted by Gasteiger charge is 2.17. The van der Waals surface area contributed by atoms with Gasteiger partial charge in [-0.05, 0) is 36.6 Å². The molecule has 6 nitrogen and oxygen atoms in total. The van der Waals surface area contributed by atoms with Crippen LogP contribution >= 0.6 is 0 Å². The Labute approximate surface area is 147 Å². The maximum absolute atomic E-state index is 4.68. The summed E-state index contributed by atoms with van der Waals surface area (Å²) in [7, 11) is 1.93. The van der Waals surface area contributed by atoms with E-state index < -0.39 is 0 Å². The van der Waals surface area contributed by atoms with Gasteiger partial charge in [0, 0.05) is 44.8 Å². The van der Waals surface area contributed by atoms with Gasteiger partial charge >= 0.3 is 0 Å². The Morgan fingerprint density at radius 3 is 2.92 bits per heavy atom. The highest BCUT2D eigenvalue weighted by molar-refractivity contribution is 5.60. The zero-order valence-corrected chi connectivity index (χ0v) is 14.6. The second kappa shape index (κ2) is 6.55. The topological polar surface area (TPSA) is 58.9 Å². The summed E-state index contributed by atoms with van der Waals surface area (Å²) in [6.45, 7) is 4.85. The molecule has 0 atom stereocenters. The lowest BCUT2D eigenvalue weighted by Crippen LogP contribution is -2.27. The van der Waals surface area contributed by atoms with E-state index in [-0.39, 0.29) is 0 Å². The van der Waals surface area contributed by atoms with E-state index in [0.29, 0.717) is 5.95 Å². The molecule has 0 saturated carbocycles. The van der Waals surface area contributed by atoms with E-state index in [0.717, 1.165) is 43.0 Å². The molecule has 6 heteroatoms. The maximum Gasteiger partial charge on any atom is 0.223 e. The molecule has 0 amide bonds. The predicted molar refractivity (Wildman–Crippen MR) is 99.8 cm³/mol. The molecule has 0 unspecified atom stereocenters. The molecule has 1 aromatic carbocycles. The summed E-state index contributed by atoms with van der Waals surface area (Å²) in [6.07, 6.45) is 4.78. The molecule has 0 bridgehead atoms. The van der Waals surface area contributed by atoms with Crippen LogP contribution in [0.2, 0.25) is 0 Å². The third-order valence-corrected chi connectivity index (χ3v) is 4.68. The number of anilines is 2. The summed E-state index contributed by atoms with van der Waals surface area (Å²) in [4.78, 5) is 11.5. The maximum atomic E-state index is 4.68. The fourth-order valence-electron chi connectivity index (χ4n) is 3.33. The Hall–Kier alpha value is -2.89. The summed E-state index contributed by atoms with van der Waals surface area (Å²) in [5, 5.41) is 7.59. The largest absolute Gasteiger partial charge is 0.369 e. The zero-order valence-electron chi connectivity index (χ0n) is 14.6. The highest BCUT2D eigenvalue weighted by atomic mass is 15.3. The van der Waals surface area contributed by atoms with E-state index >= 15 is 0 Å². The van der Waals surface area contributed by atoms with Gasteiger partial charge in [-0.1, -0.05) is 18.2 Å². The molecule has 0 fully saturated rings. The first-order chi connectivity index (χ1) is 12.2. The lowest BCUT2D eigenvalue weighted by Gasteiger charge is -2.19. The first-order valence-corrected chi connectivity index (χ1v) is 8.61. The molecule has 1 N–H and O–H groups in total. The molecule has 3 aromatic rings. The van der Waals surface area contributed by atoms with Crippen LogP contribution in [0.25, 0.3) is 11.4 Å². The molecule has 0 radical (unpaired) electrons. The predicted octanol–water partition coefficient (Wildman–Crippen LogP) is 2.66. The molecule has 0 saturated heterocycles. The van der Waals surface area contributed by atoms with E-state index in [2.05, 4.69) is 49.5 Å². The monoisotopic (exact) mass is 334 g/mol. The SMILES string of the molecule is Cc1cnc(NCCN2CCc3ccccc32)nc1-c1ccnn1C. The smallest absolute Gasteiger partial charge is 0.223 e. The van der Waals surface area contributed by atoms with Gasteiger partial charge in [-0.2, -0.15) is 5.10 Å². The van der Waals surface area contributed by atoms with Gasteiger partial charge in [0.05, 0.1) is 11.4 Å². The van der Waals surface area contributed by atoms with Gasteiger partial charge in [-0.3, -0.25) is 4.68 Å². The average Bonchev–Trinajstić information content (AvgIpc) is 3.23. The number of rotatable bonds is 5. The second-order valence-electron chi connectivity index (χ2n) is 6.36. The first-order valence-electron chi connectivity index (χ1n) is 8.61. The standard InChI is InChI=1S/C19H22N6/c1-14-13-21-19(23-18(14)17-7-9-22-24(17)2)20-10-12-25-11-8-15-5-3-4-6-16(15)25/h3-7,9,13H,8,10-12H2,1-2H3,(H,20,21,23). The van der Waals surface area contributed by atoms with Crippen LogP contribution in [0.3, 0.4) is 0 Å². The molecule has 1 aliphatic heterocycles. The quantitative estimate of drug-likeness (QED) is 0.777. The number of fused-ring (bicyclic) bond motifs is 1. The average molecular weight is 334 g/mol. The van der Waals surface area contributed by atoms with E-state index in [1.807, 2.05) is 30.9 Å². The van der Waals surface area contributed by atoms with Crippen LogP contribution in [0.1, 0.15) is 11.1 Å². The Morgan fingerprint density at radius 1 is 1.20 bits per heavy atom. The van der Waals surface area contributed by atoms with Gasteiger partial charge < -0.3 is 10.2 Å². The number of para-hydroxylation sites is 1. The van der Waals surface area contributed by atoms with Gasteiger partial charge in [-0.25, -0.2) is 9.97 Å². The van der Waals surface area contributed by atoms with E-state index in [9.17, 15) is 0 Å². The number of aryl methyl sites for hydroxylation is 2. The number of aromatic nitrogens is 4. The minimum absolute atomic E-state index is 0.661. The van der Waals surface area contributed by atoms with Crippen molar-refractivity contribution in [3.05, 3.63) is 53.9 Å². The van der Waals surface area contributed by atoms with Crippen LogP contribution in [0.5, 0.6) is 0 Å². The van der Waals surface area contributed by atoms with Crippen LogP contribution in [-0.4, -0.2) is 39.4 Å². The third kappa shape index (κ3) is 3.07. The molecular formula is C19H22N6. The summed E-state index contributed by atoms with van der Waals surface area (Å²) < 4.78 is 1.83. The van der Waals surface area contributed by atoms with Crippen molar-refractivity contribution in [3.63, 3.8) is 0 Å². The fourth-order valence-corrected chi connectivity index (χ4v) is 3.33. The Bertz CT molecular complexity index is 885. The summed E-state index contributed by atoms with van der Waals surface area (Å²) in [5.74, 6) is 0.661. The van der Waals surface area contributed by atoms with Gasteiger partial charge in [0.15, 0.2) is 0 Å². The molecule has 4 rings (SSSR count).